The largest absolute Gasteiger partial charge is 0.469 e. The summed E-state index contributed by atoms with van der Waals surface area (Å²) in [6.45, 7) is 3.95. The van der Waals surface area contributed by atoms with Gasteiger partial charge in [0.2, 0.25) is 0 Å². The van der Waals surface area contributed by atoms with Gasteiger partial charge in [-0.05, 0) is 37.8 Å². The van der Waals surface area contributed by atoms with Crippen molar-refractivity contribution < 1.29 is 13.9 Å². The Bertz CT molecular complexity index is 434. The Kier molecular flexibility index (Phi) is 11.9. The highest BCUT2D eigenvalue weighted by atomic mass is 127. The first-order chi connectivity index (χ1) is 11.4. The lowest BCUT2D eigenvalue weighted by Crippen LogP contribution is -2.40. The molecule has 2 rings (SSSR count). The fraction of sp³-hybridized carbons (Fsp3) is 0.706. The summed E-state index contributed by atoms with van der Waals surface area (Å²) in [5.41, 5.74) is 0. The van der Waals surface area contributed by atoms with E-state index < -0.39 is 0 Å². The molecule has 7 heteroatoms. The molecule has 0 radical (unpaired) electrons. The first-order valence-electron chi connectivity index (χ1n) is 8.53. The van der Waals surface area contributed by atoms with Crippen molar-refractivity contribution in [1.82, 2.24) is 10.6 Å². The standard InChI is InChI=1S/C17H29N3O3.HI/c1-21-11-5-9-18-17(19-10-8-15-7-4-13-22-15)20-14-16-6-2-3-12-23-16;/h4,7,13,16H,2-3,5-6,8-12,14H2,1H3,(H2,18,19,20);1H. The van der Waals surface area contributed by atoms with E-state index in [2.05, 4.69) is 15.6 Å². The second-order valence-electron chi connectivity index (χ2n) is 5.71. The molecule has 0 amide bonds. The van der Waals surface area contributed by atoms with Gasteiger partial charge < -0.3 is 24.5 Å². The smallest absolute Gasteiger partial charge is 0.191 e. The summed E-state index contributed by atoms with van der Waals surface area (Å²) in [7, 11) is 1.72. The second kappa shape index (κ2) is 13.5. The third-order valence-corrected chi connectivity index (χ3v) is 3.79. The van der Waals surface area contributed by atoms with E-state index in [1.54, 1.807) is 13.4 Å². The average Bonchev–Trinajstić information content (AvgIpc) is 3.10. The molecule has 0 aliphatic carbocycles. The number of guanidine groups is 1. The Hall–Kier alpha value is -0.800. The first-order valence-corrected chi connectivity index (χ1v) is 8.53. The van der Waals surface area contributed by atoms with Gasteiger partial charge in [0, 0.05) is 39.8 Å². The summed E-state index contributed by atoms with van der Waals surface area (Å²) in [4.78, 5) is 4.66. The number of ether oxygens (including phenoxy) is 2. The molecule has 1 aliphatic heterocycles. The lowest BCUT2D eigenvalue weighted by Gasteiger charge is -2.21. The predicted molar refractivity (Wildman–Crippen MR) is 106 cm³/mol. The zero-order valence-corrected chi connectivity index (χ0v) is 16.8. The molecule has 1 unspecified atom stereocenters. The lowest BCUT2D eigenvalue weighted by atomic mass is 10.1. The molecule has 1 saturated heterocycles. The van der Waals surface area contributed by atoms with Gasteiger partial charge in [0.25, 0.3) is 0 Å². The van der Waals surface area contributed by atoms with Crippen LogP contribution >= 0.6 is 24.0 Å². The monoisotopic (exact) mass is 451 g/mol. The molecule has 0 saturated carbocycles. The predicted octanol–water partition coefficient (Wildman–Crippen LogP) is 2.58. The molecule has 1 atom stereocenters. The Morgan fingerprint density at radius 1 is 1.33 bits per heavy atom. The number of rotatable bonds is 9. The van der Waals surface area contributed by atoms with Crippen LogP contribution in [0.3, 0.4) is 0 Å². The van der Waals surface area contributed by atoms with Crippen LogP contribution in [-0.2, 0) is 15.9 Å². The Morgan fingerprint density at radius 2 is 2.21 bits per heavy atom. The molecule has 0 aromatic carbocycles. The number of nitrogens with one attached hydrogen (secondary N) is 2. The van der Waals surface area contributed by atoms with Crippen LogP contribution in [0.2, 0.25) is 0 Å². The minimum atomic E-state index is 0. The zero-order chi connectivity index (χ0) is 16.2. The molecular formula is C17H30IN3O3. The number of halogens is 1. The van der Waals surface area contributed by atoms with Crippen molar-refractivity contribution in [3.8, 4) is 0 Å². The van der Waals surface area contributed by atoms with Gasteiger partial charge in [-0.1, -0.05) is 0 Å². The summed E-state index contributed by atoms with van der Waals surface area (Å²) in [5.74, 6) is 1.81. The molecule has 1 fully saturated rings. The summed E-state index contributed by atoms with van der Waals surface area (Å²) in [6.07, 6.45) is 7.26. The summed E-state index contributed by atoms with van der Waals surface area (Å²) in [5, 5.41) is 6.70. The number of furan rings is 1. The average molecular weight is 451 g/mol. The molecule has 0 spiro atoms. The van der Waals surface area contributed by atoms with Crippen LogP contribution in [0.5, 0.6) is 0 Å². The van der Waals surface area contributed by atoms with E-state index in [9.17, 15) is 0 Å². The van der Waals surface area contributed by atoms with Crippen LogP contribution in [0, 0.1) is 0 Å². The number of nitrogens with zero attached hydrogens (tertiary/aromatic N) is 1. The quantitative estimate of drug-likeness (QED) is 0.262. The topological polar surface area (TPSA) is 68.0 Å². The second-order valence-corrected chi connectivity index (χ2v) is 5.71. The van der Waals surface area contributed by atoms with Crippen LogP contribution in [0.4, 0.5) is 0 Å². The van der Waals surface area contributed by atoms with E-state index in [1.807, 2.05) is 12.1 Å². The normalized spacial score (nSPS) is 18.0. The van der Waals surface area contributed by atoms with E-state index in [1.165, 1.54) is 12.8 Å². The van der Waals surface area contributed by atoms with E-state index >= 15 is 0 Å². The highest BCUT2D eigenvalue weighted by molar-refractivity contribution is 14.0. The van der Waals surface area contributed by atoms with Gasteiger partial charge in [0.1, 0.15) is 5.76 Å². The summed E-state index contributed by atoms with van der Waals surface area (Å²) < 4.78 is 16.2. The fourth-order valence-corrected chi connectivity index (χ4v) is 2.50. The fourth-order valence-electron chi connectivity index (χ4n) is 2.50. The minimum absolute atomic E-state index is 0. The van der Waals surface area contributed by atoms with Crippen LogP contribution < -0.4 is 10.6 Å². The van der Waals surface area contributed by atoms with Crippen LogP contribution in [0.1, 0.15) is 31.4 Å². The van der Waals surface area contributed by atoms with Crippen molar-refractivity contribution in [2.45, 2.75) is 38.2 Å². The van der Waals surface area contributed by atoms with Crippen molar-refractivity contribution in [1.29, 1.82) is 0 Å². The zero-order valence-electron chi connectivity index (χ0n) is 14.5. The van der Waals surface area contributed by atoms with Crippen LogP contribution in [-0.4, -0.2) is 52.0 Å². The molecular weight excluding hydrogens is 421 g/mol. The first kappa shape index (κ1) is 21.2. The Morgan fingerprint density at radius 3 is 2.92 bits per heavy atom. The molecule has 0 bridgehead atoms. The SMILES string of the molecule is COCCCNC(=NCC1CCCCO1)NCCc1ccco1.I. The van der Waals surface area contributed by atoms with Gasteiger partial charge in [0.15, 0.2) is 5.96 Å². The van der Waals surface area contributed by atoms with E-state index in [-0.39, 0.29) is 30.1 Å². The van der Waals surface area contributed by atoms with Gasteiger partial charge in [-0.25, -0.2) is 0 Å². The highest BCUT2D eigenvalue weighted by Crippen LogP contribution is 2.12. The van der Waals surface area contributed by atoms with Crippen molar-refractivity contribution in [2.75, 3.05) is 40.0 Å². The molecule has 1 aromatic heterocycles. The van der Waals surface area contributed by atoms with E-state index in [0.29, 0.717) is 6.54 Å². The summed E-state index contributed by atoms with van der Waals surface area (Å²) >= 11 is 0. The molecule has 1 aromatic rings. The van der Waals surface area contributed by atoms with Crippen LogP contribution in [0.15, 0.2) is 27.8 Å². The minimum Gasteiger partial charge on any atom is -0.469 e. The van der Waals surface area contributed by atoms with Crippen molar-refractivity contribution >= 4 is 29.9 Å². The van der Waals surface area contributed by atoms with Gasteiger partial charge >= 0.3 is 0 Å². The maximum absolute atomic E-state index is 5.74. The molecule has 24 heavy (non-hydrogen) atoms. The van der Waals surface area contributed by atoms with Gasteiger partial charge in [-0.3, -0.25) is 4.99 Å². The third-order valence-electron chi connectivity index (χ3n) is 3.79. The van der Waals surface area contributed by atoms with Gasteiger partial charge in [0.05, 0.1) is 18.9 Å². The maximum Gasteiger partial charge on any atom is 0.191 e. The van der Waals surface area contributed by atoms with Crippen LogP contribution in [0.25, 0.3) is 0 Å². The maximum atomic E-state index is 5.74. The van der Waals surface area contributed by atoms with E-state index in [0.717, 1.165) is 57.3 Å². The number of aliphatic imine (C=N–C) groups is 1. The summed E-state index contributed by atoms with van der Waals surface area (Å²) in [6, 6.07) is 3.90. The molecule has 1 aliphatic rings. The number of hydrogen-bond acceptors (Lipinski definition) is 4. The Balaban J connectivity index is 0.00000288. The lowest BCUT2D eigenvalue weighted by molar-refractivity contribution is 0.0224. The number of methoxy groups -OCH3 is 1. The molecule has 2 N–H and O–H groups in total. The molecule has 138 valence electrons. The van der Waals surface area contributed by atoms with Gasteiger partial charge in [-0.2, -0.15) is 0 Å². The van der Waals surface area contributed by atoms with Crippen molar-refractivity contribution in [3.05, 3.63) is 24.2 Å². The van der Waals surface area contributed by atoms with E-state index in [4.69, 9.17) is 13.9 Å². The van der Waals surface area contributed by atoms with Crippen molar-refractivity contribution in [3.63, 3.8) is 0 Å². The molecule has 6 nitrogen and oxygen atoms in total. The molecule has 2 heterocycles. The van der Waals surface area contributed by atoms with Gasteiger partial charge in [-0.15, -0.1) is 24.0 Å². The van der Waals surface area contributed by atoms with Crippen molar-refractivity contribution in [2.24, 2.45) is 4.99 Å². The third kappa shape index (κ3) is 8.89. The Labute approximate surface area is 161 Å². The highest BCUT2D eigenvalue weighted by Gasteiger charge is 2.13. The number of hydrogen-bond donors (Lipinski definition) is 2.